The highest BCUT2D eigenvalue weighted by Gasteiger charge is 2.31. The van der Waals surface area contributed by atoms with E-state index in [1.807, 2.05) is 36.4 Å². The van der Waals surface area contributed by atoms with Crippen molar-refractivity contribution in [3.8, 4) is 0 Å². The van der Waals surface area contributed by atoms with Crippen LogP contribution in [0.1, 0.15) is 32.4 Å². The van der Waals surface area contributed by atoms with Crippen LogP contribution in [0.25, 0.3) is 10.8 Å². The van der Waals surface area contributed by atoms with E-state index < -0.39 is 29.8 Å². The highest BCUT2D eigenvalue weighted by atomic mass is 16.6. The van der Waals surface area contributed by atoms with Crippen molar-refractivity contribution in [2.45, 2.75) is 38.5 Å². The molecule has 1 amide bonds. The quantitative estimate of drug-likeness (QED) is 0.832. The third-order valence-corrected chi connectivity index (χ3v) is 3.56. The molecule has 0 heterocycles. The zero-order valence-corrected chi connectivity index (χ0v) is 14.8. The maximum absolute atomic E-state index is 12.1. The molecule has 0 spiro atoms. The molecule has 0 saturated heterocycles. The summed E-state index contributed by atoms with van der Waals surface area (Å²) in [6.45, 7) is 5.19. The minimum atomic E-state index is -1.56. The Morgan fingerprint density at radius 3 is 2.32 bits per heavy atom. The summed E-state index contributed by atoms with van der Waals surface area (Å²) in [5.41, 5.74) is -0.128. The molecule has 2 aromatic carbocycles. The fraction of sp³-hybridized carbons (Fsp3) is 0.368. The Balaban J connectivity index is 2.35. The van der Waals surface area contributed by atoms with E-state index in [1.54, 1.807) is 26.8 Å². The van der Waals surface area contributed by atoms with Crippen LogP contribution in [-0.4, -0.2) is 36.0 Å². The number of nitrogens with one attached hydrogen (secondary N) is 1. The summed E-state index contributed by atoms with van der Waals surface area (Å²) >= 11 is 0. The van der Waals surface area contributed by atoms with E-state index in [2.05, 4.69) is 10.1 Å². The van der Waals surface area contributed by atoms with E-state index in [4.69, 9.17) is 4.74 Å². The number of benzene rings is 2. The summed E-state index contributed by atoms with van der Waals surface area (Å²) in [6, 6.07) is 12.1. The number of methoxy groups -OCH3 is 1. The van der Waals surface area contributed by atoms with Gasteiger partial charge in [-0.2, -0.15) is 0 Å². The molecule has 2 rings (SSSR count). The molecule has 0 fully saturated rings. The number of esters is 1. The second-order valence-corrected chi connectivity index (χ2v) is 6.70. The van der Waals surface area contributed by atoms with Gasteiger partial charge >= 0.3 is 12.1 Å². The average molecular weight is 345 g/mol. The van der Waals surface area contributed by atoms with Crippen LogP contribution in [0.5, 0.6) is 0 Å². The molecular formula is C19H23NO5. The second kappa shape index (κ2) is 7.53. The van der Waals surface area contributed by atoms with E-state index in [9.17, 15) is 14.7 Å². The SMILES string of the molecule is COC(=O)C(O)C(NC(=O)OC(C)(C)C)c1ccc2ccccc2c1. The minimum Gasteiger partial charge on any atom is -0.467 e. The van der Waals surface area contributed by atoms with Crippen molar-refractivity contribution in [3.63, 3.8) is 0 Å². The lowest BCUT2D eigenvalue weighted by atomic mass is 9.98. The molecule has 0 saturated carbocycles. The zero-order valence-electron chi connectivity index (χ0n) is 14.8. The molecule has 0 aliphatic carbocycles. The summed E-state index contributed by atoms with van der Waals surface area (Å²) < 4.78 is 9.83. The van der Waals surface area contributed by atoms with Gasteiger partial charge in [-0.25, -0.2) is 9.59 Å². The van der Waals surface area contributed by atoms with Gasteiger partial charge in [-0.05, 0) is 43.2 Å². The van der Waals surface area contributed by atoms with Gasteiger partial charge in [0.2, 0.25) is 0 Å². The van der Waals surface area contributed by atoms with Crippen molar-refractivity contribution in [1.82, 2.24) is 5.32 Å². The number of rotatable bonds is 4. The van der Waals surface area contributed by atoms with Crippen molar-refractivity contribution >= 4 is 22.8 Å². The van der Waals surface area contributed by atoms with Crippen LogP contribution in [0.2, 0.25) is 0 Å². The van der Waals surface area contributed by atoms with Crippen LogP contribution in [0.3, 0.4) is 0 Å². The van der Waals surface area contributed by atoms with Gasteiger partial charge in [0.1, 0.15) is 5.60 Å². The number of hydrogen-bond donors (Lipinski definition) is 2. The first-order chi connectivity index (χ1) is 11.7. The predicted octanol–water partition coefficient (Wildman–Crippen LogP) is 2.94. The summed E-state index contributed by atoms with van der Waals surface area (Å²) in [6.07, 6.45) is -2.28. The largest absolute Gasteiger partial charge is 0.467 e. The van der Waals surface area contributed by atoms with Gasteiger partial charge in [0, 0.05) is 0 Å². The van der Waals surface area contributed by atoms with Crippen LogP contribution in [0, 0.1) is 0 Å². The Hall–Kier alpha value is -2.60. The molecule has 0 bridgehead atoms. The van der Waals surface area contributed by atoms with Crippen molar-refractivity contribution in [2.75, 3.05) is 7.11 Å². The Bertz CT molecular complexity index is 766. The fourth-order valence-corrected chi connectivity index (χ4v) is 2.44. The summed E-state index contributed by atoms with van der Waals surface area (Å²) in [7, 11) is 1.18. The first-order valence-electron chi connectivity index (χ1n) is 7.95. The van der Waals surface area contributed by atoms with Crippen LogP contribution in [0.4, 0.5) is 4.79 Å². The molecule has 0 aliphatic rings. The van der Waals surface area contributed by atoms with Crippen molar-refractivity contribution in [2.24, 2.45) is 0 Å². The molecule has 2 atom stereocenters. The number of alkyl carbamates (subject to hydrolysis) is 1. The molecule has 134 valence electrons. The van der Waals surface area contributed by atoms with Gasteiger partial charge in [0.05, 0.1) is 13.2 Å². The summed E-state index contributed by atoms with van der Waals surface area (Å²) in [4.78, 5) is 23.9. The van der Waals surface area contributed by atoms with Gasteiger partial charge in [-0.15, -0.1) is 0 Å². The van der Waals surface area contributed by atoms with Gasteiger partial charge in [0.25, 0.3) is 0 Å². The van der Waals surface area contributed by atoms with Crippen molar-refractivity contribution < 1.29 is 24.2 Å². The molecule has 2 unspecified atom stereocenters. The average Bonchev–Trinajstić information content (AvgIpc) is 2.56. The monoisotopic (exact) mass is 345 g/mol. The maximum Gasteiger partial charge on any atom is 0.408 e. The van der Waals surface area contributed by atoms with E-state index in [0.29, 0.717) is 5.56 Å². The molecular weight excluding hydrogens is 322 g/mol. The Labute approximate surface area is 146 Å². The molecule has 25 heavy (non-hydrogen) atoms. The number of aliphatic hydroxyl groups excluding tert-OH is 1. The van der Waals surface area contributed by atoms with Gasteiger partial charge in [-0.1, -0.05) is 36.4 Å². The van der Waals surface area contributed by atoms with Crippen molar-refractivity contribution in [3.05, 3.63) is 48.0 Å². The predicted molar refractivity (Wildman–Crippen MR) is 94.1 cm³/mol. The number of amides is 1. The smallest absolute Gasteiger partial charge is 0.408 e. The second-order valence-electron chi connectivity index (χ2n) is 6.70. The number of carbonyl (C=O) groups excluding carboxylic acids is 2. The molecule has 0 aromatic heterocycles. The van der Waals surface area contributed by atoms with Gasteiger partial charge < -0.3 is 19.9 Å². The Kier molecular flexibility index (Phi) is 5.64. The first kappa shape index (κ1) is 18.7. The number of carbonyl (C=O) groups is 2. The van der Waals surface area contributed by atoms with Gasteiger partial charge in [-0.3, -0.25) is 0 Å². The highest BCUT2D eigenvalue weighted by molar-refractivity contribution is 5.84. The normalized spacial score (nSPS) is 13.8. The summed E-state index contributed by atoms with van der Waals surface area (Å²) in [5.74, 6) is -0.839. The molecule has 0 aliphatic heterocycles. The van der Waals surface area contributed by atoms with E-state index in [-0.39, 0.29) is 0 Å². The molecule has 6 nitrogen and oxygen atoms in total. The van der Waals surface area contributed by atoms with E-state index >= 15 is 0 Å². The standard InChI is InChI=1S/C19H23NO5/c1-19(2,3)25-18(23)20-15(16(21)17(22)24-4)14-10-9-12-7-5-6-8-13(12)11-14/h5-11,15-16,21H,1-4H3,(H,20,23). The van der Waals surface area contributed by atoms with E-state index in [0.717, 1.165) is 10.8 Å². The van der Waals surface area contributed by atoms with Crippen LogP contribution in [-0.2, 0) is 14.3 Å². The zero-order chi connectivity index (χ0) is 18.6. The van der Waals surface area contributed by atoms with Crippen LogP contribution in [0.15, 0.2) is 42.5 Å². The lowest BCUT2D eigenvalue weighted by Gasteiger charge is -2.26. The van der Waals surface area contributed by atoms with Crippen LogP contribution >= 0.6 is 0 Å². The highest BCUT2D eigenvalue weighted by Crippen LogP contribution is 2.24. The molecule has 6 heteroatoms. The Morgan fingerprint density at radius 2 is 1.72 bits per heavy atom. The molecule has 2 N–H and O–H groups in total. The van der Waals surface area contributed by atoms with Crippen molar-refractivity contribution in [1.29, 1.82) is 0 Å². The first-order valence-corrected chi connectivity index (χ1v) is 7.95. The lowest BCUT2D eigenvalue weighted by molar-refractivity contribution is -0.152. The third kappa shape index (κ3) is 4.93. The fourth-order valence-electron chi connectivity index (χ4n) is 2.44. The Morgan fingerprint density at radius 1 is 1.08 bits per heavy atom. The third-order valence-electron chi connectivity index (χ3n) is 3.56. The molecule has 0 radical (unpaired) electrons. The maximum atomic E-state index is 12.1. The molecule has 2 aromatic rings. The number of ether oxygens (including phenoxy) is 2. The number of fused-ring (bicyclic) bond motifs is 1. The van der Waals surface area contributed by atoms with Crippen LogP contribution < -0.4 is 5.32 Å². The van der Waals surface area contributed by atoms with E-state index in [1.165, 1.54) is 7.11 Å². The number of hydrogen-bond acceptors (Lipinski definition) is 5. The number of aliphatic hydroxyl groups is 1. The van der Waals surface area contributed by atoms with Gasteiger partial charge in [0.15, 0.2) is 6.10 Å². The minimum absolute atomic E-state index is 0.572. The topological polar surface area (TPSA) is 84.9 Å². The lowest BCUT2D eigenvalue weighted by Crippen LogP contribution is -2.43. The summed E-state index contributed by atoms with van der Waals surface area (Å²) in [5, 5.41) is 14.8.